The largest absolute Gasteiger partial charge is 0.0768 e. The molecule has 0 aliphatic heterocycles. The van der Waals surface area contributed by atoms with Gasteiger partial charge >= 0.3 is 0 Å². The number of allylic oxidation sites excluding steroid dienone is 4. The Kier molecular flexibility index (Phi) is 6.07. The van der Waals surface area contributed by atoms with Crippen molar-refractivity contribution in [3.63, 3.8) is 0 Å². The normalized spacial score (nSPS) is 13.5. The van der Waals surface area contributed by atoms with Gasteiger partial charge in [0.15, 0.2) is 0 Å². The number of benzene rings is 4. The van der Waals surface area contributed by atoms with Crippen LogP contribution in [0.3, 0.4) is 0 Å². The minimum absolute atomic E-state index is 0.334. The van der Waals surface area contributed by atoms with E-state index in [0.717, 1.165) is 12.8 Å². The maximum absolute atomic E-state index is 2.47. The third-order valence-corrected chi connectivity index (χ3v) is 7.03. The number of hydrogen-bond acceptors (Lipinski definition) is 0. The highest BCUT2D eigenvalue weighted by Gasteiger charge is 2.41. The molecule has 1 aliphatic carbocycles. The Balaban J connectivity index is 1.75. The standard InChI is InChI=1S/C34H32/c1-25-10-7-15-30(20-25)34(31-16-8-11-26(2)21-31,32-17-9-12-27(3)22-32)33-19-18-29(24-33)23-28-13-5-4-6-14-28/h4-18,20-22,24H,19,23H2,1-3H3. The Morgan fingerprint density at radius 2 is 1.09 bits per heavy atom. The summed E-state index contributed by atoms with van der Waals surface area (Å²) in [5.41, 5.74) is 11.8. The average Bonchev–Trinajstić information content (AvgIpc) is 3.29. The predicted molar refractivity (Wildman–Crippen MR) is 144 cm³/mol. The van der Waals surface area contributed by atoms with E-state index in [0.29, 0.717) is 0 Å². The molecular weight excluding hydrogens is 408 g/mol. The highest BCUT2D eigenvalue weighted by atomic mass is 14.4. The molecule has 0 unspecified atom stereocenters. The molecule has 0 saturated carbocycles. The molecule has 4 aromatic carbocycles. The van der Waals surface area contributed by atoms with Gasteiger partial charge in [-0.05, 0) is 67.0 Å². The van der Waals surface area contributed by atoms with E-state index in [9.17, 15) is 0 Å². The lowest BCUT2D eigenvalue weighted by Gasteiger charge is -2.38. The molecule has 168 valence electrons. The van der Waals surface area contributed by atoms with Crippen LogP contribution in [0.4, 0.5) is 0 Å². The lowest BCUT2D eigenvalue weighted by atomic mass is 9.63. The summed E-state index contributed by atoms with van der Waals surface area (Å²) in [5.74, 6) is 0. The summed E-state index contributed by atoms with van der Waals surface area (Å²) >= 11 is 0. The van der Waals surface area contributed by atoms with E-state index in [1.165, 1.54) is 50.1 Å². The van der Waals surface area contributed by atoms with Crippen molar-refractivity contribution in [2.45, 2.75) is 39.0 Å². The van der Waals surface area contributed by atoms with Crippen molar-refractivity contribution in [3.05, 3.63) is 165 Å². The van der Waals surface area contributed by atoms with Crippen LogP contribution in [0.15, 0.2) is 126 Å². The summed E-state index contributed by atoms with van der Waals surface area (Å²) in [6.45, 7) is 6.59. The third kappa shape index (κ3) is 4.17. The van der Waals surface area contributed by atoms with Crippen molar-refractivity contribution in [1.82, 2.24) is 0 Å². The van der Waals surface area contributed by atoms with Crippen LogP contribution in [-0.2, 0) is 11.8 Å². The molecular formula is C34H32. The summed E-state index contributed by atoms with van der Waals surface area (Å²) in [6, 6.07) is 38.1. The lowest BCUT2D eigenvalue weighted by Crippen LogP contribution is -2.32. The summed E-state index contributed by atoms with van der Waals surface area (Å²) in [5, 5.41) is 0. The maximum atomic E-state index is 2.47. The summed E-state index contributed by atoms with van der Waals surface area (Å²) in [7, 11) is 0. The van der Waals surface area contributed by atoms with Crippen LogP contribution in [0.5, 0.6) is 0 Å². The van der Waals surface area contributed by atoms with Gasteiger partial charge in [0.1, 0.15) is 0 Å². The number of aryl methyl sites for hydroxylation is 3. The first kappa shape index (κ1) is 22.2. The summed E-state index contributed by atoms with van der Waals surface area (Å²) < 4.78 is 0. The van der Waals surface area contributed by atoms with Crippen molar-refractivity contribution in [2.24, 2.45) is 0 Å². The van der Waals surface area contributed by atoms with Crippen molar-refractivity contribution in [2.75, 3.05) is 0 Å². The molecule has 0 spiro atoms. The second kappa shape index (κ2) is 9.31. The Morgan fingerprint density at radius 1 is 0.588 bits per heavy atom. The van der Waals surface area contributed by atoms with Gasteiger partial charge in [0.2, 0.25) is 0 Å². The average molecular weight is 441 g/mol. The second-order valence-electron chi connectivity index (χ2n) is 9.67. The van der Waals surface area contributed by atoms with Crippen LogP contribution in [0.1, 0.15) is 45.4 Å². The van der Waals surface area contributed by atoms with Crippen LogP contribution < -0.4 is 0 Å². The lowest BCUT2D eigenvalue weighted by molar-refractivity contribution is 0.708. The van der Waals surface area contributed by atoms with E-state index in [1.54, 1.807) is 0 Å². The first-order valence-corrected chi connectivity index (χ1v) is 12.2. The topological polar surface area (TPSA) is 0 Å². The third-order valence-electron chi connectivity index (χ3n) is 7.03. The Hall–Kier alpha value is -3.64. The fraction of sp³-hybridized carbons (Fsp3) is 0.176. The van der Waals surface area contributed by atoms with Crippen LogP contribution in [0.2, 0.25) is 0 Å². The van der Waals surface area contributed by atoms with Gasteiger partial charge in [-0.15, -0.1) is 0 Å². The fourth-order valence-corrected chi connectivity index (χ4v) is 5.49. The van der Waals surface area contributed by atoms with Gasteiger partial charge in [-0.2, -0.15) is 0 Å². The first-order valence-electron chi connectivity index (χ1n) is 12.2. The second-order valence-corrected chi connectivity index (χ2v) is 9.67. The minimum Gasteiger partial charge on any atom is -0.0768 e. The van der Waals surface area contributed by atoms with Crippen molar-refractivity contribution >= 4 is 0 Å². The van der Waals surface area contributed by atoms with Gasteiger partial charge < -0.3 is 0 Å². The van der Waals surface area contributed by atoms with Gasteiger partial charge in [0.25, 0.3) is 0 Å². The van der Waals surface area contributed by atoms with Gasteiger partial charge in [0.05, 0.1) is 5.41 Å². The van der Waals surface area contributed by atoms with Crippen molar-refractivity contribution < 1.29 is 0 Å². The zero-order valence-electron chi connectivity index (χ0n) is 20.4. The highest BCUT2D eigenvalue weighted by Crippen LogP contribution is 2.49. The van der Waals surface area contributed by atoms with Crippen LogP contribution in [0, 0.1) is 20.8 Å². The molecule has 0 nitrogen and oxygen atoms in total. The first-order chi connectivity index (χ1) is 16.6. The van der Waals surface area contributed by atoms with Crippen LogP contribution >= 0.6 is 0 Å². The van der Waals surface area contributed by atoms with Gasteiger partial charge in [-0.1, -0.05) is 132 Å². The van der Waals surface area contributed by atoms with E-state index in [2.05, 4.69) is 136 Å². The van der Waals surface area contributed by atoms with Crippen LogP contribution in [0.25, 0.3) is 0 Å². The molecule has 0 bridgehead atoms. The molecule has 0 radical (unpaired) electrons. The highest BCUT2D eigenvalue weighted by molar-refractivity contribution is 5.62. The van der Waals surface area contributed by atoms with Gasteiger partial charge in [-0.3, -0.25) is 0 Å². The van der Waals surface area contributed by atoms with E-state index in [4.69, 9.17) is 0 Å². The van der Waals surface area contributed by atoms with Gasteiger partial charge in [-0.25, -0.2) is 0 Å². The smallest absolute Gasteiger partial charge is 0.0667 e. The molecule has 4 aromatic rings. The molecule has 0 N–H and O–H groups in total. The Morgan fingerprint density at radius 3 is 1.56 bits per heavy atom. The van der Waals surface area contributed by atoms with E-state index < -0.39 is 0 Å². The van der Waals surface area contributed by atoms with Crippen LogP contribution in [-0.4, -0.2) is 0 Å². The van der Waals surface area contributed by atoms with E-state index in [1.807, 2.05) is 0 Å². The Labute approximate surface area is 204 Å². The maximum Gasteiger partial charge on any atom is 0.0667 e. The number of rotatable bonds is 6. The zero-order chi connectivity index (χ0) is 23.5. The predicted octanol–water partition coefficient (Wildman–Crippen LogP) is 8.45. The SMILES string of the molecule is Cc1cccc(C(C2=CC(Cc3ccccc3)=CC2)(c2cccc(C)c2)c2cccc(C)c2)c1. The molecule has 0 saturated heterocycles. The van der Waals surface area contributed by atoms with E-state index in [-0.39, 0.29) is 5.41 Å². The summed E-state index contributed by atoms with van der Waals surface area (Å²) in [6.07, 6.45) is 6.83. The molecule has 0 atom stereocenters. The number of hydrogen-bond donors (Lipinski definition) is 0. The molecule has 0 heterocycles. The quantitative estimate of drug-likeness (QED) is 0.264. The van der Waals surface area contributed by atoms with Gasteiger partial charge in [0, 0.05) is 0 Å². The molecule has 0 aromatic heterocycles. The molecule has 1 aliphatic rings. The molecule has 34 heavy (non-hydrogen) atoms. The van der Waals surface area contributed by atoms with Crippen molar-refractivity contribution in [1.29, 1.82) is 0 Å². The molecule has 0 heteroatoms. The van der Waals surface area contributed by atoms with Crippen molar-refractivity contribution in [3.8, 4) is 0 Å². The minimum atomic E-state index is -0.334. The van der Waals surface area contributed by atoms with E-state index >= 15 is 0 Å². The monoisotopic (exact) mass is 440 g/mol. The summed E-state index contributed by atoms with van der Waals surface area (Å²) in [4.78, 5) is 0. The molecule has 0 fully saturated rings. The fourth-order valence-electron chi connectivity index (χ4n) is 5.49. The molecule has 0 amide bonds. The molecule has 5 rings (SSSR count). The Bertz CT molecular complexity index is 1260. The zero-order valence-corrected chi connectivity index (χ0v) is 20.4.